The number of benzene rings is 1. The minimum Gasteiger partial charge on any atom is -0.396 e. The predicted octanol–water partition coefficient (Wildman–Crippen LogP) is 1.68. The quantitative estimate of drug-likeness (QED) is 0.706. The van der Waals surface area contributed by atoms with E-state index in [1.54, 1.807) is 0 Å². The zero-order valence-electron chi connectivity index (χ0n) is 10.4. The molecule has 17 heavy (non-hydrogen) atoms. The molecular weight excluding hydrogens is 214 g/mol. The number of aryl methyl sites for hydroxylation is 2. The molecule has 0 aliphatic carbocycles. The second-order valence-corrected chi connectivity index (χ2v) is 4.10. The fourth-order valence-corrected chi connectivity index (χ4v) is 1.59. The van der Waals surface area contributed by atoms with Gasteiger partial charge >= 0.3 is 0 Å². The predicted molar refractivity (Wildman–Crippen MR) is 68.9 cm³/mol. The van der Waals surface area contributed by atoms with Crippen LogP contribution in [0.3, 0.4) is 0 Å². The van der Waals surface area contributed by atoms with E-state index in [1.165, 1.54) is 11.1 Å². The summed E-state index contributed by atoms with van der Waals surface area (Å²) in [6, 6.07) is 8.39. The number of aliphatic hydroxyl groups excluding tert-OH is 1. The molecule has 0 spiro atoms. The molecule has 0 aliphatic rings. The van der Waals surface area contributed by atoms with Crippen molar-refractivity contribution in [3.8, 4) is 0 Å². The van der Waals surface area contributed by atoms with Crippen LogP contribution in [0, 0.1) is 0 Å². The average Bonchev–Trinajstić information content (AvgIpc) is 2.37. The molecule has 0 atom stereocenters. The summed E-state index contributed by atoms with van der Waals surface area (Å²) < 4.78 is 0. The third kappa shape index (κ3) is 5.50. The lowest BCUT2D eigenvalue weighted by atomic mass is 10.1. The number of carbonyl (C=O) groups excluding carboxylic acids is 1. The topological polar surface area (TPSA) is 49.3 Å². The first kappa shape index (κ1) is 13.7. The van der Waals surface area contributed by atoms with E-state index in [9.17, 15) is 4.79 Å². The lowest BCUT2D eigenvalue weighted by Crippen LogP contribution is -2.25. The van der Waals surface area contributed by atoms with E-state index >= 15 is 0 Å². The van der Waals surface area contributed by atoms with Gasteiger partial charge in [0.15, 0.2) is 0 Å². The highest BCUT2D eigenvalue weighted by molar-refractivity contribution is 5.76. The molecule has 3 nitrogen and oxygen atoms in total. The minimum atomic E-state index is 0.0537. The van der Waals surface area contributed by atoms with E-state index in [-0.39, 0.29) is 12.5 Å². The molecule has 94 valence electrons. The van der Waals surface area contributed by atoms with Crippen LogP contribution in [0.1, 0.15) is 30.9 Å². The standard InChI is InChI=1S/C14H21NO2/c1-2-12-4-6-13(7-5-12)8-9-14(17)15-10-3-11-16/h4-7,16H,2-3,8-11H2,1H3,(H,15,17). The van der Waals surface area contributed by atoms with Crippen LogP contribution in [0.5, 0.6) is 0 Å². The van der Waals surface area contributed by atoms with Crippen LogP contribution in [-0.4, -0.2) is 24.2 Å². The van der Waals surface area contributed by atoms with Gasteiger partial charge in [0, 0.05) is 19.6 Å². The number of hydrogen-bond donors (Lipinski definition) is 2. The summed E-state index contributed by atoms with van der Waals surface area (Å²) >= 11 is 0. The summed E-state index contributed by atoms with van der Waals surface area (Å²) in [7, 11) is 0. The third-order valence-corrected chi connectivity index (χ3v) is 2.73. The van der Waals surface area contributed by atoms with Gasteiger partial charge in [-0.3, -0.25) is 4.79 Å². The van der Waals surface area contributed by atoms with Gasteiger partial charge in [0.1, 0.15) is 0 Å². The smallest absolute Gasteiger partial charge is 0.220 e. The van der Waals surface area contributed by atoms with Crippen molar-refractivity contribution >= 4 is 5.91 Å². The van der Waals surface area contributed by atoms with E-state index in [0.29, 0.717) is 19.4 Å². The number of carbonyl (C=O) groups is 1. The van der Waals surface area contributed by atoms with Crippen LogP contribution >= 0.6 is 0 Å². The van der Waals surface area contributed by atoms with Crippen molar-refractivity contribution in [2.75, 3.05) is 13.2 Å². The molecule has 1 rings (SSSR count). The maximum atomic E-state index is 11.4. The van der Waals surface area contributed by atoms with Crippen molar-refractivity contribution < 1.29 is 9.90 Å². The molecule has 3 heteroatoms. The van der Waals surface area contributed by atoms with E-state index in [1.807, 2.05) is 0 Å². The molecule has 0 aliphatic heterocycles. The Bertz CT molecular complexity index is 333. The molecule has 0 unspecified atom stereocenters. The minimum absolute atomic E-state index is 0.0537. The summed E-state index contributed by atoms with van der Waals surface area (Å²) in [6.07, 6.45) is 2.95. The summed E-state index contributed by atoms with van der Waals surface area (Å²) in [5, 5.41) is 11.4. The first-order valence-electron chi connectivity index (χ1n) is 6.21. The second kappa shape index (κ2) is 7.85. The van der Waals surface area contributed by atoms with E-state index < -0.39 is 0 Å². The highest BCUT2D eigenvalue weighted by atomic mass is 16.3. The van der Waals surface area contributed by atoms with Gasteiger partial charge in [-0.25, -0.2) is 0 Å². The van der Waals surface area contributed by atoms with Crippen LogP contribution in [0.2, 0.25) is 0 Å². The summed E-state index contributed by atoms with van der Waals surface area (Å²) in [5.41, 5.74) is 2.51. The van der Waals surface area contributed by atoms with E-state index in [4.69, 9.17) is 5.11 Å². The van der Waals surface area contributed by atoms with Crippen LogP contribution < -0.4 is 5.32 Å². The number of nitrogens with one attached hydrogen (secondary N) is 1. The molecule has 0 bridgehead atoms. The summed E-state index contributed by atoms with van der Waals surface area (Å²) in [5.74, 6) is 0.0537. The van der Waals surface area contributed by atoms with E-state index in [2.05, 4.69) is 36.5 Å². The van der Waals surface area contributed by atoms with Gasteiger partial charge in [0.2, 0.25) is 5.91 Å². The summed E-state index contributed by atoms with van der Waals surface area (Å²) in [4.78, 5) is 11.4. The molecule has 0 saturated heterocycles. The highest BCUT2D eigenvalue weighted by Crippen LogP contribution is 2.07. The largest absolute Gasteiger partial charge is 0.396 e. The lowest BCUT2D eigenvalue weighted by molar-refractivity contribution is -0.121. The van der Waals surface area contributed by atoms with Crippen molar-refractivity contribution in [2.24, 2.45) is 0 Å². The van der Waals surface area contributed by atoms with Crippen LogP contribution in [0.25, 0.3) is 0 Å². The molecule has 0 aromatic heterocycles. The number of hydrogen-bond acceptors (Lipinski definition) is 2. The van der Waals surface area contributed by atoms with Crippen molar-refractivity contribution in [2.45, 2.75) is 32.6 Å². The van der Waals surface area contributed by atoms with Gasteiger partial charge < -0.3 is 10.4 Å². The van der Waals surface area contributed by atoms with Crippen molar-refractivity contribution in [3.05, 3.63) is 35.4 Å². The normalized spacial score (nSPS) is 10.2. The van der Waals surface area contributed by atoms with Crippen molar-refractivity contribution in [1.82, 2.24) is 5.32 Å². The Balaban J connectivity index is 2.27. The molecule has 1 amide bonds. The maximum absolute atomic E-state index is 11.4. The Morgan fingerprint density at radius 3 is 2.47 bits per heavy atom. The Morgan fingerprint density at radius 1 is 1.24 bits per heavy atom. The Labute approximate surface area is 103 Å². The maximum Gasteiger partial charge on any atom is 0.220 e. The zero-order chi connectivity index (χ0) is 12.5. The van der Waals surface area contributed by atoms with Crippen LogP contribution in [0.15, 0.2) is 24.3 Å². The van der Waals surface area contributed by atoms with E-state index in [0.717, 1.165) is 12.8 Å². The molecule has 2 N–H and O–H groups in total. The third-order valence-electron chi connectivity index (χ3n) is 2.73. The fourth-order valence-electron chi connectivity index (χ4n) is 1.59. The number of amides is 1. The van der Waals surface area contributed by atoms with Gasteiger partial charge in [-0.15, -0.1) is 0 Å². The average molecular weight is 235 g/mol. The number of rotatable bonds is 7. The first-order valence-corrected chi connectivity index (χ1v) is 6.21. The Hall–Kier alpha value is -1.35. The fraction of sp³-hybridized carbons (Fsp3) is 0.500. The summed E-state index contributed by atoms with van der Waals surface area (Å²) in [6.45, 7) is 2.81. The molecular formula is C14H21NO2. The van der Waals surface area contributed by atoms with Gasteiger partial charge in [-0.2, -0.15) is 0 Å². The van der Waals surface area contributed by atoms with Crippen molar-refractivity contribution in [3.63, 3.8) is 0 Å². The highest BCUT2D eigenvalue weighted by Gasteiger charge is 2.01. The lowest BCUT2D eigenvalue weighted by Gasteiger charge is -2.05. The number of aliphatic hydroxyl groups is 1. The molecule has 0 fully saturated rings. The van der Waals surface area contributed by atoms with Crippen LogP contribution in [-0.2, 0) is 17.6 Å². The van der Waals surface area contributed by atoms with Gasteiger partial charge in [0.25, 0.3) is 0 Å². The van der Waals surface area contributed by atoms with Crippen LogP contribution in [0.4, 0.5) is 0 Å². The monoisotopic (exact) mass is 235 g/mol. The zero-order valence-corrected chi connectivity index (χ0v) is 10.4. The van der Waals surface area contributed by atoms with Gasteiger partial charge in [-0.05, 0) is 30.4 Å². The Kier molecular flexibility index (Phi) is 6.33. The molecule has 0 saturated carbocycles. The molecule has 1 aromatic rings. The first-order chi connectivity index (χ1) is 8.26. The Morgan fingerprint density at radius 2 is 1.88 bits per heavy atom. The van der Waals surface area contributed by atoms with Gasteiger partial charge in [-0.1, -0.05) is 31.2 Å². The van der Waals surface area contributed by atoms with Gasteiger partial charge in [0.05, 0.1) is 0 Å². The molecule has 0 radical (unpaired) electrons. The van der Waals surface area contributed by atoms with Crippen molar-refractivity contribution in [1.29, 1.82) is 0 Å². The molecule has 0 heterocycles. The SMILES string of the molecule is CCc1ccc(CCC(=O)NCCCO)cc1. The second-order valence-electron chi connectivity index (χ2n) is 4.10. The molecule has 1 aromatic carbocycles.